The SMILES string of the molecule is CN=CC(C=N)=C(N)c1cc(-c2cccc3c2NCCC(=O)N3)ccc1N. The Morgan fingerprint density at radius 1 is 1.30 bits per heavy atom. The number of amides is 1. The molecule has 2 aromatic rings. The zero-order valence-electron chi connectivity index (χ0n) is 15.0. The van der Waals surface area contributed by atoms with Crippen LogP contribution in [0.5, 0.6) is 0 Å². The summed E-state index contributed by atoms with van der Waals surface area (Å²) in [5, 5.41) is 13.8. The summed E-state index contributed by atoms with van der Waals surface area (Å²) >= 11 is 0. The Kier molecular flexibility index (Phi) is 5.21. The van der Waals surface area contributed by atoms with Gasteiger partial charge >= 0.3 is 0 Å². The molecule has 0 fully saturated rings. The Morgan fingerprint density at radius 2 is 2.11 bits per heavy atom. The Labute approximate surface area is 157 Å². The van der Waals surface area contributed by atoms with Gasteiger partial charge in [-0.15, -0.1) is 0 Å². The van der Waals surface area contributed by atoms with Crippen LogP contribution < -0.4 is 22.1 Å². The van der Waals surface area contributed by atoms with Gasteiger partial charge in [0.1, 0.15) is 0 Å². The van der Waals surface area contributed by atoms with E-state index in [2.05, 4.69) is 15.6 Å². The molecule has 7 nitrogen and oxygen atoms in total. The van der Waals surface area contributed by atoms with Crippen molar-refractivity contribution in [3.63, 3.8) is 0 Å². The number of hydrogen-bond donors (Lipinski definition) is 5. The maximum atomic E-state index is 11.8. The third kappa shape index (κ3) is 3.67. The molecule has 3 rings (SSSR count). The van der Waals surface area contributed by atoms with Crippen LogP contribution in [0.25, 0.3) is 16.8 Å². The van der Waals surface area contributed by atoms with Crippen LogP contribution in [0.2, 0.25) is 0 Å². The summed E-state index contributed by atoms with van der Waals surface area (Å²) in [4.78, 5) is 15.8. The number of nitrogens with zero attached hydrogens (tertiary/aromatic N) is 1. The van der Waals surface area contributed by atoms with Crippen molar-refractivity contribution in [3.05, 3.63) is 47.5 Å². The minimum atomic E-state index is -0.0157. The molecule has 1 aliphatic heterocycles. The predicted molar refractivity (Wildman–Crippen MR) is 112 cm³/mol. The van der Waals surface area contributed by atoms with Gasteiger partial charge in [-0.05, 0) is 23.8 Å². The molecule has 0 radical (unpaired) electrons. The third-order valence-corrected chi connectivity index (χ3v) is 4.38. The summed E-state index contributed by atoms with van der Waals surface area (Å²) in [6.07, 6.45) is 3.09. The number of anilines is 3. The second kappa shape index (κ2) is 7.74. The quantitative estimate of drug-likeness (QED) is 0.423. The molecular weight excluding hydrogens is 340 g/mol. The number of carbonyl (C=O) groups excluding carboxylic acids is 1. The zero-order chi connectivity index (χ0) is 19.4. The molecule has 27 heavy (non-hydrogen) atoms. The Hall–Kier alpha value is -3.61. The van der Waals surface area contributed by atoms with Crippen LogP contribution >= 0.6 is 0 Å². The summed E-state index contributed by atoms with van der Waals surface area (Å²) in [5.41, 5.74) is 17.9. The first-order valence-corrected chi connectivity index (χ1v) is 8.54. The lowest BCUT2D eigenvalue weighted by Crippen LogP contribution is -2.10. The van der Waals surface area contributed by atoms with Crippen molar-refractivity contribution in [2.24, 2.45) is 10.7 Å². The molecule has 1 aliphatic rings. The van der Waals surface area contributed by atoms with Gasteiger partial charge in [0, 0.05) is 54.8 Å². The number of aliphatic imine (C=N–C) groups is 1. The number of hydrogen-bond acceptors (Lipinski definition) is 6. The van der Waals surface area contributed by atoms with Gasteiger partial charge in [-0.2, -0.15) is 0 Å². The Bertz CT molecular complexity index is 961. The summed E-state index contributed by atoms with van der Waals surface area (Å²) in [5.74, 6) is -0.0157. The van der Waals surface area contributed by atoms with E-state index in [9.17, 15) is 4.79 Å². The van der Waals surface area contributed by atoms with Crippen LogP contribution in [0.3, 0.4) is 0 Å². The average Bonchev–Trinajstić information content (AvgIpc) is 2.86. The molecular formula is C20H22N6O. The molecule has 1 amide bonds. The lowest BCUT2D eigenvalue weighted by molar-refractivity contribution is -0.115. The molecule has 1 heterocycles. The number of allylic oxidation sites excluding steroid dienone is 1. The molecule has 2 aromatic carbocycles. The molecule has 0 aromatic heterocycles. The molecule has 0 unspecified atom stereocenters. The second-order valence-electron chi connectivity index (χ2n) is 6.16. The molecule has 7 N–H and O–H groups in total. The summed E-state index contributed by atoms with van der Waals surface area (Å²) in [7, 11) is 1.62. The van der Waals surface area contributed by atoms with E-state index in [0.717, 1.165) is 28.7 Å². The molecule has 0 bridgehead atoms. The number of nitrogens with one attached hydrogen (secondary N) is 3. The van der Waals surface area contributed by atoms with Crippen LogP contribution in [0.15, 0.2) is 47.0 Å². The van der Waals surface area contributed by atoms with E-state index in [-0.39, 0.29) is 5.91 Å². The fourth-order valence-electron chi connectivity index (χ4n) is 3.04. The zero-order valence-corrected chi connectivity index (χ0v) is 15.0. The normalized spacial score (nSPS) is 14.6. The summed E-state index contributed by atoms with van der Waals surface area (Å²) in [6.45, 7) is 0.560. The number of benzene rings is 2. The standard InChI is InChI=1S/C20H22N6O/c1-24-11-13(10-21)19(23)15-9-12(5-6-16(15)22)14-3-2-4-17-20(14)25-8-7-18(27)26-17/h2-6,9-11,21,25H,7-8,22-23H2,1H3,(H,26,27). The van der Waals surface area contributed by atoms with Gasteiger partial charge in [-0.1, -0.05) is 18.2 Å². The highest BCUT2D eigenvalue weighted by Crippen LogP contribution is 2.37. The first kappa shape index (κ1) is 18.2. The monoisotopic (exact) mass is 362 g/mol. The van der Waals surface area contributed by atoms with Crippen molar-refractivity contribution >= 4 is 41.1 Å². The molecule has 0 aliphatic carbocycles. The van der Waals surface area contributed by atoms with E-state index >= 15 is 0 Å². The summed E-state index contributed by atoms with van der Waals surface area (Å²) < 4.78 is 0. The fraction of sp³-hybridized carbons (Fsp3) is 0.150. The van der Waals surface area contributed by atoms with Crippen LogP contribution in [0.1, 0.15) is 12.0 Å². The van der Waals surface area contributed by atoms with E-state index in [1.165, 1.54) is 6.21 Å². The topological polar surface area (TPSA) is 129 Å². The maximum Gasteiger partial charge on any atom is 0.226 e. The highest BCUT2D eigenvalue weighted by molar-refractivity contribution is 6.11. The lowest BCUT2D eigenvalue weighted by Gasteiger charge is -2.16. The molecule has 0 saturated carbocycles. The van der Waals surface area contributed by atoms with E-state index in [4.69, 9.17) is 16.9 Å². The number of nitrogens with two attached hydrogens (primary N) is 2. The first-order valence-electron chi connectivity index (χ1n) is 8.54. The fourth-order valence-corrected chi connectivity index (χ4v) is 3.04. The van der Waals surface area contributed by atoms with Crippen molar-refractivity contribution in [1.82, 2.24) is 0 Å². The molecule has 0 spiro atoms. The van der Waals surface area contributed by atoms with Crippen LogP contribution in [0, 0.1) is 5.41 Å². The number of fused-ring (bicyclic) bond motifs is 1. The van der Waals surface area contributed by atoms with E-state index in [1.54, 1.807) is 13.1 Å². The minimum Gasteiger partial charge on any atom is -0.398 e. The second-order valence-corrected chi connectivity index (χ2v) is 6.16. The van der Waals surface area contributed by atoms with Crippen LogP contribution in [0.4, 0.5) is 17.1 Å². The van der Waals surface area contributed by atoms with Crippen molar-refractivity contribution in [1.29, 1.82) is 5.41 Å². The number of para-hydroxylation sites is 1. The number of carbonyl (C=O) groups is 1. The predicted octanol–water partition coefficient (Wildman–Crippen LogP) is 2.71. The van der Waals surface area contributed by atoms with Gasteiger partial charge < -0.3 is 27.5 Å². The maximum absolute atomic E-state index is 11.8. The van der Waals surface area contributed by atoms with E-state index in [0.29, 0.717) is 35.5 Å². The Morgan fingerprint density at radius 3 is 2.85 bits per heavy atom. The highest BCUT2D eigenvalue weighted by Gasteiger charge is 2.17. The largest absolute Gasteiger partial charge is 0.398 e. The van der Waals surface area contributed by atoms with Gasteiger partial charge in [0.15, 0.2) is 0 Å². The van der Waals surface area contributed by atoms with E-state index < -0.39 is 0 Å². The molecule has 7 heteroatoms. The smallest absolute Gasteiger partial charge is 0.226 e. The minimum absolute atomic E-state index is 0.0157. The van der Waals surface area contributed by atoms with Gasteiger partial charge in [-0.25, -0.2) is 0 Å². The van der Waals surface area contributed by atoms with Crippen molar-refractivity contribution < 1.29 is 4.79 Å². The molecule has 138 valence electrons. The van der Waals surface area contributed by atoms with Crippen molar-refractivity contribution in [3.8, 4) is 11.1 Å². The van der Waals surface area contributed by atoms with Gasteiger partial charge in [0.05, 0.1) is 17.1 Å². The molecule has 0 atom stereocenters. The molecule has 0 saturated heterocycles. The van der Waals surface area contributed by atoms with Crippen molar-refractivity contribution in [2.75, 3.05) is 30.0 Å². The van der Waals surface area contributed by atoms with Crippen LogP contribution in [-0.2, 0) is 4.79 Å². The van der Waals surface area contributed by atoms with Crippen LogP contribution in [-0.4, -0.2) is 31.9 Å². The Balaban J connectivity index is 2.14. The van der Waals surface area contributed by atoms with Gasteiger partial charge in [0.25, 0.3) is 0 Å². The number of nitrogen functional groups attached to an aromatic ring is 1. The van der Waals surface area contributed by atoms with E-state index in [1.807, 2.05) is 30.3 Å². The lowest BCUT2D eigenvalue weighted by atomic mass is 9.97. The summed E-state index contributed by atoms with van der Waals surface area (Å²) in [6, 6.07) is 11.3. The third-order valence-electron chi connectivity index (χ3n) is 4.38. The first-order chi connectivity index (χ1) is 13.0. The van der Waals surface area contributed by atoms with Gasteiger partial charge in [0.2, 0.25) is 5.91 Å². The highest BCUT2D eigenvalue weighted by atomic mass is 16.1. The van der Waals surface area contributed by atoms with Crippen molar-refractivity contribution in [2.45, 2.75) is 6.42 Å². The number of rotatable bonds is 4. The van der Waals surface area contributed by atoms with Gasteiger partial charge in [-0.3, -0.25) is 9.79 Å². The average molecular weight is 362 g/mol.